The van der Waals surface area contributed by atoms with Crippen molar-refractivity contribution in [2.45, 2.75) is 118 Å². The Hall–Kier alpha value is -3.04. The minimum absolute atomic E-state index is 0.0716. The van der Waals surface area contributed by atoms with Crippen LogP contribution in [-0.4, -0.2) is 43.8 Å². The van der Waals surface area contributed by atoms with E-state index in [0.717, 1.165) is 5.69 Å². The number of rotatable bonds is 8. The summed E-state index contributed by atoms with van der Waals surface area (Å²) in [6.07, 6.45) is 0.872. The van der Waals surface area contributed by atoms with Gasteiger partial charge in [0.05, 0.1) is 21.7 Å². The number of aryl methyl sites for hydroxylation is 1. The van der Waals surface area contributed by atoms with E-state index in [9.17, 15) is 9.18 Å². The first kappa shape index (κ1) is 34.8. The van der Waals surface area contributed by atoms with Gasteiger partial charge in [-0.15, -0.1) is 0 Å². The molecular weight excluding hydrogens is 596 g/mol. The summed E-state index contributed by atoms with van der Waals surface area (Å²) in [6, 6.07) is 8.52. The van der Waals surface area contributed by atoms with Crippen LogP contribution in [0, 0.1) is 24.0 Å². The van der Waals surface area contributed by atoms with Gasteiger partial charge in [-0.3, -0.25) is 14.4 Å². The standard InChI is InChI=1S/C35H48ClF2N5O2/c1-21(2)25-17-28(40-29-16-22(3)43(41-29)33(5,6)7)39-27(31(25)38)19-35(32(44)45-34(8,9)10)14-15-42(23(4)18-35)20-24-12-11-13-26(36)30(24)37/h11-13,16-17,21,23H,14-15,18-20H2,1-10H3,(H,39,40,41). The highest BCUT2D eigenvalue weighted by molar-refractivity contribution is 6.30. The minimum Gasteiger partial charge on any atom is -0.460 e. The minimum atomic E-state index is -1.03. The van der Waals surface area contributed by atoms with E-state index in [-0.39, 0.29) is 40.6 Å². The molecule has 246 valence electrons. The van der Waals surface area contributed by atoms with E-state index in [2.05, 4.69) is 31.0 Å². The number of likely N-dealkylation sites (tertiary alicyclic amines) is 1. The first-order valence-electron chi connectivity index (χ1n) is 15.7. The van der Waals surface area contributed by atoms with Gasteiger partial charge in [0, 0.05) is 36.3 Å². The Balaban J connectivity index is 1.70. The van der Waals surface area contributed by atoms with Crippen molar-refractivity contribution in [2.75, 3.05) is 11.9 Å². The summed E-state index contributed by atoms with van der Waals surface area (Å²) in [5.41, 5.74) is 0.240. The lowest BCUT2D eigenvalue weighted by Gasteiger charge is -2.45. The monoisotopic (exact) mass is 643 g/mol. The SMILES string of the molecule is Cc1cc(Nc2cc(C(C)C)c(F)c(CC3(C(=O)OC(C)(C)C)CCN(Cc4cccc(Cl)c4F)C(C)C3)n2)nn1C(C)(C)C. The summed E-state index contributed by atoms with van der Waals surface area (Å²) < 4.78 is 38.9. The van der Waals surface area contributed by atoms with Crippen LogP contribution in [-0.2, 0) is 28.0 Å². The van der Waals surface area contributed by atoms with Crippen molar-refractivity contribution in [3.05, 3.63) is 69.5 Å². The van der Waals surface area contributed by atoms with E-state index in [1.165, 1.54) is 6.07 Å². The maximum Gasteiger partial charge on any atom is 0.313 e. The molecule has 0 radical (unpaired) electrons. The number of carbonyl (C=O) groups is 1. The van der Waals surface area contributed by atoms with Crippen molar-refractivity contribution >= 4 is 29.2 Å². The molecule has 0 aliphatic carbocycles. The number of hydrogen-bond donors (Lipinski definition) is 1. The molecule has 0 saturated carbocycles. The number of esters is 1. The van der Waals surface area contributed by atoms with Crippen molar-refractivity contribution in [2.24, 2.45) is 5.41 Å². The number of nitrogens with one attached hydrogen (secondary N) is 1. The zero-order valence-electron chi connectivity index (χ0n) is 28.3. The van der Waals surface area contributed by atoms with Crippen molar-refractivity contribution in [1.82, 2.24) is 19.7 Å². The lowest BCUT2D eigenvalue weighted by atomic mass is 9.71. The van der Waals surface area contributed by atoms with Crippen LogP contribution >= 0.6 is 11.6 Å². The lowest BCUT2D eigenvalue weighted by Crippen LogP contribution is -2.51. The number of anilines is 2. The summed E-state index contributed by atoms with van der Waals surface area (Å²) in [5, 5.41) is 8.09. The molecule has 10 heteroatoms. The van der Waals surface area contributed by atoms with Gasteiger partial charge < -0.3 is 10.1 Å². The van der Waals surface area contributed by atoms with E-state index in [4.69, 9.17) is 26.4 Å². The summed E-state index contributed by atoms with van der Waals surface area (Å²) in [6.45, 7) is 20.4. The molecule has 7 nitrogen and oxygen atoms in total. The number of pyridine rings is 1. The Morgan fingerprint density at radius 2 is 1.82 bits per heavy atom. The number of benzene rings is 1. The third-order valence-electron chi connectivity index (χ3n) is 8.39. The Morgan fingerprint density at radius 1 is 1.13 bits per heavy atom. The molecular formula is C35H48ClF2N5O2. The van der Waals surface area contributed by atoms with Crippen LogP contribution in [0.5, 0.6) is 0 Å². The van der Waals surface area contributed by atoms with Gasteiger partial charge >= 0.3 is 5.97 Å². The van der Waals surface area contributed by atoms with Gasteiger partial charge in [-0.1, -0.05) is 37.6 Å². The molecule has 0 bridgehead atoms. The second kappa shape index (κ2) is 13.0. The van der Waals surface area contributed by atoms with Crippen LogP contribution in [0.25, 0.3) is 0 Å². The zero-order valence-corrected chi connectivity index (χ0v) is 29.1. The fourth-order valence-corrected chi connectivity index (χ4v) is 6.37. The highest BCUT2D eigenvalue weighted by atomic mass is 35.5. The van der Waals surface area contributed by atoms with E-state index >= 15 is 4.39 Å². The Morgan fingerprint density at radius 3 is 2.40 bits per heavy atom. The molecule has 2 unspecified atom stereocenters. The highest BCUT2D eigenvalue weighted by Gasteiger charge is 2.47. The number of nitrogens with zero attached hydrogens (tertiary/aromatic N) is 4. The fourth-order valence-electron chi connectivity index (χ4n) is 6.18. The number of ether oxygens (including phenoxy) is 1. The van der Waals surface area contributed by atoms with E-state index < -0.39 is 22.7 Å². The van der Waals surface area contributed by atoms with E-state index in [0.29, 0.717) is 48.7 Å². The van der Waals surface area contributed by atoms with E-state index in [1.54, 1.807) is 18.2 Å². The summed E-state index contributed by atoms with van der Waals surface area (Å²) in [7, 11) is 0. The Kier molecular flexibility index (Phi) is 10.1. The van der Waals surface area contributed by atoms with Crippen LogP contribution in [0.4, 0.5) is 20.4 Å². The van der Waals surface area contributed by atoms with Gasteiger partial charge in [-0.25, -0.2) is 13.8 Å². The molecule has 1 fully saturated rings. The summed E-state index contributed by atoms with van der Waals surface area (Å²) in [4.78, 5) is 20.9. The van der Waals surface area contributed by atoms with Gasteiger partial charge in [-0.2, -0.15) is 5.10 Å². The maximum atomic E-state index is 16.2. The molecule has 4 rings (SSSR count). The average Bonchev–Trinajstić information content (AvgIpc) is 3.29. The Labute approximate surface area is 271 Å². The molecule has 0 spiro atoms. The van der Waals surface area contributed by atoms with Crippen LogP contribution in [0.1, 0.15) is 104 Å². The number of hydrogen-bond acceptors (Lipinski definition) is 6. The number of halogens is 3. The quantitative estimate of drug-likeness (QED) is 0.248. The topological polar surface area (TPSA) is 72.3 Å². The second-order valence-corrected chi connectivity index (χ2v) is 15.2. The molecule has 1 aliphatic rings. The summed E-state index contributed by atoms with van der Waals surface area (Å²) >= 11 is 6.04. The normalized spacial score (nSPS) is 19.6. The maximum absolute atomic E-state index is 16.2. The van der Waals surface area contributed by atoms with Gasteiger partial charge in [0.1, 0.15) is 23.1 Å². The van der Waals surface area contributed by atoms with Crippen LogP contribution in [0.15, 0.2) is 30.3 Å². The predicted molar refractivity (Wildman–Crippen MR) is 176 cm³/mol. The van der Waals surface area contributed by atoms with Crippen molar-refractivity contribution in [3.63, 3.8) is 0 Å². The largest absolute Gasteiger partial charge is 0.460 e. The van der Waals surface area contributed by atoms with Gasteiger partial charge in [-0.05, 0) is 98.4 Å². The summed E-state index contributed by atoms with van der Waals surface area (Å²) in [5.74, 6) is -0.262. The van der Waals surface area contributed by atoms with Gasteiger partial charge in [0.25, 0.3) is 0 Å². The predicted octanol–water partition coefficient (Wildman–Crippen LogP) is 8.70. The average molecular weight is 644 g/mol. The molecule has 2 atom stereocenters. The van der Waals surface area contributed by atoms with Gasteiger partial charge in [0.15, 0.2) is 5.82 Å². The van der Waals surface area contributed by atoms with Crippen LogP contribution < -0.4 is 5.32 Å². The molecule has 0 amide bonds. The molecule has 3 aromatic rings. The van der Waals surface area contributed by atoms with Crippen molar-refractivity contribution < 1.29 is 18.3 Å². The zero-order chi connectivity index (χ0) is 33.5. The van der Waals surface area contributed by atoms with Crippen LogP contribution in [0.3, 0.4) is 0 Å². The second-order valence-electron chi connectivity index (χ2n) is 14.8. The molecule has 45 heavy (non-hydrogen) atoms. The highest BCUT2D eigenvalue weighted by Crippen LogP contribution is 2.42. The molecule has 2 aromatic heterocycles. The lowest BCUT2D eigenvalue weighted by molar-refractivity contribution is -0.172. The fraction of sp³-hybridized carbons (Fsp3) is 0.571. The first-order chi connectivity index (χ1) is 20.8. The molecule has 1 aromatic carbocycles. The van der Waals surface area contributed by atoms with Crippen molar-refractivity contribution in [1.29, 1.82) is 0 Å². The molecule has 1 aliphatic heterocycles. The van der Waals surface area contributed by atoms with Crippen LogP contribution in [0.2, 0.25) is 5.02 Å². The molecule has 1 saturated heterocycles. The van der Waals surface area contributed by atoms with Crippen molar-refractivity contribution in [3.8, 4) is 0 Å². The molecule has 1 N–H and O–H groups in total. The van der Waals surface area contributed by atoms with Gasteiger partial charge in [0.2, 0.25) is 0 Å². The number of piperidine rings is 1. The Bertz CT molecular complexity index is 1540. The number of aromatic nitrogens is 3. The third-order valence-corrected chi connectivity index (χ3v) is 8.68. The first-order valence-corrected chi connectivity index (χ1v) is 16.1. The molecule has 3 heterocycles. The number of carbonyl (C=O) groups excluding carboxylic acids is 1. The smallest absolute Gasteiger partial charge is 0.313 e. The third kappa shape index (κ3) is 8.04. The van der Waals surface area contributed by atoms with E-state index in [1.807, 2.05) is 59.2 Å².